The van der Waals surface area contributed by atoms with Gasteiger partial charge < -0.3 is 37.2 Å². The Balaban J connectivity index is 0. The van der Waals surface area contributed by atoms with E-state index in [-0.39, 0.29) is 55.8 Å². The van der Waals surface area contributed by atoms with Crippen molar-refractivity contribution in [1.82, 2.24) is 4.98 Å². The first-order valence-electron chi connectivity index (χ1n) is 12.6. The first-order valence-corrected chi connectivity index (χ1v) is 13.0. The van der Waals surface area contributed by atoms with E-state index >= 15 is 0 Å². The Labute approximate surface area is 270 Å². The van der Waals surface area contributed by atoms with Crippen molar-refractivity contribution in [2.75, 3.05) is 0 Å². The van der Waals surface area contributed by atoms with Crippen LogP contribution in [0.4, 0.5) is 11.4 Å². The minimum Gasteiger partial charge on any atom is -1.00 e. The fourth-order valence-corrected chi connectivity index (χ4v) is 4.48. The predicted octanol–water partition coefficient (Wildman–Crippen LogP) is 0.739. The maximum atomic E-state index is 6.48. The molecule has 0 radical (unpaired) electrons. The number of benzene rings is 2. The fraction of sp³-hybridized carbons (Fsp3) is 0.387. The second-order valence-electron chi connectivity index (χ2n) is 10.3. The molecule has 210 valence electrons. The molecule has 39 heavy (non-hydrogen) atoms. The fourth-order valence-electron chi connectivity index (χ4n) is 4.25. The molecule has 0 N–H and O–H groups in total. The van der Waals surface area contributed by atoms with E-state index in [0.29, 0.717) is 40.1 Å². The molecule has 0 fully saturated rings. The molecule has 3 nitrogen and oxygen atoms in total. The molecule has 0 amide bonds. The molecule has 1 aromatic heterocycles. The van der Waals surface area contributed by atoms with Gasteiger partial charge in [0.05, 0.1) is 35.2 Å². The summed E-state index contributed by atoms with van der Waals surface area (Å²) in [7, 11) is 0. The number of pyridine rings is 1. The number of halogens is 4. The topological polar surface area (TPSA) is 37.6 Å². The van der Waals surface area contributed by atoms with Gasteiger partial charge >= 0.3 is 18.6 Å². The van der Waals surface area contributed by atoms with E-state index in [1.165, 1.54) is 22.3 Å². The van der Waals surface area contributed by atoms with Crippen molar-refractivity contribution in [2.24, 2.45) is 9.98 Å². The summed E-state index contributed by atoms with van der Waals surface area (Å²) in [5.74, 6) is 1.53. The first kappa shape index (κ1) is 39.8. The van der Waals surface area contributed by atoms with E-state index in [4.69, 9.17) is 26.6 Å². The molecule has 0 saturated carbocycles. The second kappa shape index (κ2) is 18.2. The standard InChI is InChI=1S/C31H38ClN3.3ClH.V/c1-19(2)26-11-9-12-27(20(3)4)30(26)33-17-24-15-23(32)16-25(35-24)18-34-31-28(21(5)6)13-10-14-29(31)22(7)8;;;;/h9-22H,1-8H3;3*1H;/q;;;;+3/p-3. The summed E-state index contributed by atoms with van der Waals surface area (Å²) in [5, 5.41) is 0.616. The van der Waals surface area contributed by atoms with E-state index in [0.717, 1.165) is 11.4 Å². The molecule has 0 aliphatic heterocycles. The van der Waals surface area contributed by atoms with Crippen LogP contribution in [0.5, 0.6) is 0 Å². The number of aromatic nitrogens is 1. The van der Waals surface area contributed by atoms with Crippen molar-refractivity contribution >= 4 is 35.4 Å². The van der Waals surface area contributed by atoms with E-state index in [2.05, 4.69) is 91.8 Å². The Kier molecular flexibility index (Phi) is 18.6. The Hall–Kier alpha value is -1.33. The summed E-state index contributed by atoms with van der Waals surface area (Å²) in [6.45, 7) is 17.6. The monoisotopic (exact) mass is 643 g/mol. The van der Waals surface area contributed by atoms with Crippen LogP contribution in [0.2, 0.25) is 5.02 Å². The third-order valence-electron chi connectivity index (χ3n) is 6.17. The molecule has 0 spiro atoms. The number of aliphatic imine (C=N–C) groups is 2. The van der Waals surface area contributed by atoms with Gasteiger partial charge in [-0.25, -0.2) is 4.98 Å². The van der Waals surface area contributed by atoms with Crippen LogP contribution in [-0.2, 0) is 18.6 Å². The van der Waals surface area contributed by atoms with Gasteiger partial charge in [0.25, 0.3) is 0 Å². The maximum absolute atomic E-state index is 6.48. The summed E-state index contributed by atoms with van der Waals surface area (Å²) in [6, 6.07) is 16.6. The van der Waals surface area contributed by atoms with Crippen molar-refractivity contribution in [3.8, 4) is 0 Å². The van der Waals surface area contributed by atoms with Crippen molar-refractivity contribution in [1.29, 1.82) is 0 Å². The molecule has 3 rings (SSSR count). The average Bonchev–Trinajstić information content (AvgIpc) is 2.80. The number of nitrogens with zero attached hydrogens (tertiary/aromatic N) is 3. The van der Waals surface area contributed by atoms with Crippen molar-refractivity contribution < 1.29 is 55.8 Å². The molecule has 0 unspecified atom stereocenters. The molecule has 0 aliphatic carbocycles. The number of hydrogen-bond donors (Lipinski definition) is 0. The summed E-state index contributed by atoms with van der Waals surface area (Å²) >= 11 is 6.48. The SMILES string of the molecule is CC(C)c1cccc(C(C)C)c1N=Cc1cc(Cl)cc(C=Nc2c(C(C)C)cccc2C(C)C)n1.[Cl-].[Cl-].[Cl-].[V+3]. The van der Waals surface area contributed by atoms with Gasteiger partial charge in [-0.2, -0.15) is 0 Å². The number of hydrogen-bond acceptors (Lipinski definition) is 3. The molecule has 0 saturated heterocycles. The quantitative estimate of drug-likeness (QED) is 0.334. The molecule has 8 heteroatoms. The van der Waals surface area contributed by atoms with Gasteiger partial charge in [0.15, 0.2) is 0 Å². The third kappa shape index (κ3) is 10.5. The van der Waals surface area contributed by atoms with Crippen LogP contribution in [0, 0.1) is 0 Å². The Morgan fingerprint density at radius 3 is 1.13 bits per heavy atom. The molecule has 2 aromatic carbocycles. The van der Waals surface area contributed by atoms with Gasteiger partial charge in [-0.15, -0.1) is 0 Å². The molecule has 0 bridgehead atoms. The van der Waals surface area contributed by atoms with Gasteiger partial charge in [0.1, 0.15) is 0 Å². The molecule has 0 atom stereocenters. The molecule has 0 aliphatic rings. The van der Waals surface area contributed by atoms with Crippen LogP contribution in [0.1, 0.15) is 113 Å². The minimum absolute atomic E-state index is 0. The van der Waals surface area contributed by atoms with Gasteiger partial charge in [0.2, 0.25) is 0 Å². The molecule has 3 aromatic rings. The summed E-state index contributed by atoms with van der Waals surface area (Å²) < 4.78 is 0. The first-order chi connectivity index (χ1) is 16.6. The number of para-hydroxylation sites is 2. The normalized spacial score (nSPS) is 11.1. The maximum Gasteiger partial charge on any atom is 3.00 e. The summed E-state index contributed by atoms with van der Waals surface area (Å²) in [6.07, 6.45) is 3.63. The van der Waals surface area contributed by atoms with E-state index in [1.54, 1.807) is 0 Å². The molecule has 1 heterocycles. The zero-order chi connectivity index (χ0) is 25.7. The van der Waals surface area contributed by atoms with Crippen LogP contribution in [0.15, 0.2) is 58.5 Å². The Bertz CT molecular complexity index is 1090. The molecular formula is C31H38Cl4N3V. The van der Waals surface area contributed by atoms with Crippen LogP contribution < -0.4 is 37.2 Å². The largest absolute Gasteiger partial charge is 3.00 e. The van der Waals surface area contributed by atoms with Crippen LogP contribution >= 0.6 is 11.6 Å². The van der Waals surface area contributed by atoms with E-state index in [1.807, 2.05) is 24.6 Å². The van der Waals surface area contributed by atoms with E-state index in [9.17, 15) is 0 Å². The van der Waals surface area contributed by atoms with Crippen molar-refractivity contribution in [3.63, 3.8) is 0 Å². The van der Waals surface area contributed by atoms with Gasteiger partial charge in [0, 0.05) is 5.02 Å². The summed E-state index contributed by atoms with van der Waals surface area (Å²) in [4.78, 5) is 14.6. The van der Waals surface area contributed by atoms with Gasteiger partial charge in [-0.05, 0) is 58.1 Å². The zero-order valence-corrected chi connectivity index (χ0v) is 28.3. The smallest absolute Gasteiger partial charge is 1.00 e. The van der Waals surface area contributed by atoms with Gasteiger partial charge in [-0.3, -0.25) is 9.98 Å². The Morgan fingerprint density at radius 2 is 0.872 bits per heavy atom. The van der Waals surface area contributed by atoms with Crippen LogP contribution in [-0.4, -0.2) is 17.4 Å². The Morgan fingerprint density at radius 1 is 0.590 bits per heavy atom. The van der Waals surface area contributed by atoms with Crippen LogP contribution in [0.25, 0.3) is 0 Å². The zero-order valence-electron chi connectivity index (χ0n) is 23.9. The summed E-state index contributed by atoms with van der Waals surface area (Å²) in [5.41, 5.74) is 8.45. The number of rotatable bonds is 8. The van der Waals surface area contributed by atoms with Gasteiger partial charge in [-0.1, -0.05) is 103 Å². The third-order valence-corrected chi connectivity index (χ3v) is 6.38. The minimum atomic E-state index is 0. The van der Waals surface area contributed by atoms with Crippen LogP contribution in [0.3, 0.4) is 0 Å². The molecular weight excluding hydrogens is 607 g/mol. The average molecular weight is 645 g/mol. The predicted molar refractivity (Wildman–Crippen MR) is 153 cm³/mol. The second-order valence-corrected chi connectivity index (χ2v) is 10.8. The van der Waals surface area contributed by atoms with Crippen molar-refractivity contribution in [2.45, 2.75) is 79.1 Å². The van der Waals surface area contributed by atoms with Crippen molar-refractivity contribution in [3.05, 3.63) is 87.2 Å². The van der Waals surface area contributed by atoms with E-state index < -0.39 is 0 Å².